The molecule has 184 valence electrons. The van der Waals surface area contributed by atoms with E-state index < -0.39 is 22.5 Å². The second-order valence-corrected chi connectivity index (χ2v) is 9.72. The summed E-state index contributed by atoms with van der Waals surface area (Å²) in [5, 5.41) is 5.49. The van der Waals surface area contributed by atoms with E-state index in [1.807, 2.05) is 6.92 Å². The van der Waals surface area contributed by atoms with Gasteiger partial charge in [-0.2, -0.15) is 0 Å². The largest absolute Gasteiger partial charge is 0.385 e. The van der Waals surface area contributed by atoms with Crippen LogP contribution in [0.2, 0.25) is 0 Å². The highest BCUT2D eigenvalue weighted by atomic mass is 32.2. The number of nitrogens with one attached hydrogen (secondary N) is 2. The van der Waals surface area contributed by atoms with Gasteiger partial charge in [0.2, 0.25) is 5.91 Å². The molecule has 0 atom stereocenters. The molecule has 0 unspecified atom stereocenters. The minimum Gasteiger partial charge on any atom is -0.385 e. The molecule has 2 amide bonds. The molecule has 2 N–H and O–H groups in total. The molecular formula is C26H29N3O5S. The molecule has 0 spiro atoms. The average Bonchev–Trinajstić information content (AvgIpc) is 2.86. The smallest absolute Gasteiger partial charge is 0.264 e. The van der Waals surface area contributed by atoms with Crippen molar-refractivity contribution in [2.75, 3.05) is 36.4 Å². The van der Waals surface area contributed by atoms with Crippen molar-refractivity contribution in [2.24, 2.45) is 0 Å². The topological polar surface area (TPSA) is 105 Å². The molecule has 0 aliphatic carbocycles. The van der Waals surface area contributed by atoms with Gasteiger partial charge < -0.3 is 15.4 Å². The molecule has 0 radical (unpaired) electrons. The molecular weight excluding hydrogens is 466 g/mol. The first-order valence-corrected chi connectivity index (χ1v) is 12.6. The van der Waals surface area contributed by atoms with Crippen molar-refractivity contribution in [3.63, 3.8) is 0 Å². The lowest BCUT2D eigenvalue weighted by Crippen LogP contribution is -2.38. The van der Waals surface area contributed by atoms with Crippen LogP contribution in [0.15, 0.2) is 83.8 Å². The molecule has 3 aromatic carbocycles. The number of carbonyl (C=O) groups excluding carboxylic acids is 2. The summed E-state index contributed by atoms with van der Waals surface area (Å²) in [6, 6.07) is 21.4. The van der Waals surface area contributed by atoms with E-state index in [4.69, 9.17) is 4.74 Å². The summed E-state index contributed by atoms with van der Waals surface area (Å²) >= 11 is 0. The van der Waals surface area contributed by atoms with E-state index >= 15 is 0 Å². The van der Waals surface area contributed by atoms with Gasteiger partial charge in [0.25, 0.3) is 15.9 Å². The molecule has 0 fully saturated rings. The van der Waals surface area contributed by atoms with Crippen LogP contribution in [0.4, 0.5) is 11.4 Å². The molecule has 0 heterocycles. The number of para-hydroxylation sites is 1. The monoisotopic (exact) mass is 495 g/mol. The summed E-state index contributed by atoms with van der Waals surface area (Å²) in [5.41, 5.74) is 1.90. The molecule has 9 heteroatoms. The van der Waals surface area contributed by atoms with Crippen LogP contribution in [0.5, 0.6) is 0 Å². The quantitative estimate of drug-likeness (QED) is 0.396. The Morgan fingerprint density at radius 3 is 2.26 bits per heavy atom. The van der Waals surface area contributed by atoms with Crippen molar-refractivity contribution in [2.45, 2.75) is 18.2 Å². The predicted molar refractivity (Wildman–Crippen MR) is 136 cm³/mol. The maximum absolute atomic E-state index is 13.4. The number of carbonyl (C=O) groups is 2. The van der Waals surface area contributed by atoms with Crippen LogP contribution in [-0.2, 0) is 19.6 Å². The fraction of sp³-hybridized carbons (Fsp3) is 0.231. The number of hydrogen-bond acceptors (Lipinski definition) is 5. The van der Waals surface area contributed by atoms with E-state index in [1.165, 1.54) is 12.1 Å². The molecule has 0 aliphatic rings. The third-order valence-electron chi connectivity index (χ3n) is 5.20. The first-order valence-electron chi connectivity index (χ1n) is 11.1. The molecule has 0 aliphatic heterocycles. The molecule has 0 saturated carbocycles. The van der Waals surface area contributed by atoms with E-state index in [0.29, 0.717) is 30.9 Å². The number of ether oxygens (including phenoxy) is 1. The van der Waals surface area contributed by atoms with Crippen LogP contribution >= 0.6 is 0 Å². The summed E-state index contributed by atoms with van der Waals surface area (Å²) in [5.74, 6) is -0.922. The summed E-state index contributed by atoms with van der Waals surface area (Å²) in [6.45, 7) is 2.36. The molecule has 8 nitrogen and oxygen atoms in total. The number of rotatable bonds is 11. The standard InChI is InChI=1S/C26H29N3O5S/c1-20-13-15-21(16-14-20)29(35(32,33)22-9-4-3-5-10-22)19-25(30)28-24-12-7-6-11-23(24)26(31)27-17-8-18-34-2/h3-7,9-16H,8,17-19H2,1-2H3,(H,27,31)(H,28,30). The van der Waals surface area contributed by atoms with E-state index in [1.54, 1.807) is 73.8 Å². The van der Waals surface area contributed by atoms with Crippen LogP contribution < -0.4 is 14.9 Å². The average molecular weight is 496 g/mol. The third kappa shape index (κ3) is 6.91. The van der Waals surface area contributed by atoms with Crippen LogP contribution in [0.1, 0.15) is 22.3 Å². The lowest BCUT2D eigenvalue weighted by Gasteiger charge is -2.24. The minimum absolute atomic E-state index is 0.0733. The zero-order valence-corrected chi connectivity index (χ0v) is 20.5. The second-order valence-electron chi connectivity index (χ2n) is 7.86. The van der Waals surface area contributed by atoms with E-state index in [2.05, 4.69) is 10.6 Å². The summed E-state index contributed by atoms with van der Waals surface area (Å²) in [7, 11) is -2.43. The number of anilines is 2. The number of amides is 2. The first-order chi connectivity index (χ1) is 16.8. The zero-order chi connectivity index (χ0) is 25.3. The Morgan fingerprint density at radius 1 is 0.914 bits per heavy atom. The highest BCUT2D eigenvalue weighted by Crippen LogP contribution is 2.24. The molecule has 35 heavy (non-hydrogen) atoms. The van der Waals surface area contributed by atoms with Gasteiger partial charge in [0.15, 0.2) is 0 Å². The van der Waals surface area contributed by atoms with Crippen molar-refractivity contribution in [1.82, 2.24) is 5.32 Å². The number of aryl methyl sites for hydroxylation is 1. The lowest BCUT2D eigenvalue weighted by molar-refractivity contribution is -0.114. The van der Waals surface area contributed by atoms with Crippen molar-refractivity contribution in [1.29, 1.82) is 0 Å². The summed E-state index contributed by atoms with van der Waals surface area (Å²) < 4.78 is 32.9. The van der Waals surface area contributed by atoms with Crippen molar-refractivity contribution < 1.29 is 22.7 Å². The van der Waals surface area contributed by atoms with Crippen LogP contribution in [-0.4, -0.2) is 47.0 Å². The van der Waals surface area contributed by atoms with Gasteiger partial charge in [-0.1, -0.05) is 48.0 Å². The Balaban J connectivity index is 1.83. The fourth-order valence-electron chi connectivity index (χ4n) is 3.37. The lowest BCUT2D eigenvalue weighted by atomic mass is 10.1. The molecule has 0 saturated heterocycles. The van der Waals surface area contributed by atoms with Crippen molar-refractivity contribution in [3.8, 4) is 0 Å². The van der Waals surface area contributed by atoms with Crippen LogP contribution in [0.3, 0.4) is 0 Å². The van der Waals surface area contributed by atoms with Gasteiger partial charge in [-0.3, -0.25) is 13.9 Å². The summed E-state index contributed by atoms with van der Waals surface area (Å²) in [6.07, 6.45) is 0.652. The number of benzene rings is 3. The fourth-order valence-corrected chi connectivity index (χ4v) is 4.81. The second kappa shape index (κ2) is 12.1. The number of hydrogen-bond donors (Lipinski definition) is 2. The van der Waals surface area contributed by atoms with Crippen LogP contribution in [0, 0.1) is 6.92 Å². The normalized spacial score (nSPS) is 11.0. The van der Waals surface area contributed by atoms with Gasteiger partial charge in [0.1, 0.15) is 6.54 Å². The van der Waals surface area contributed by atoms with Gasteiger partial charge in [-0.25, -0.2) is 8.42 Å². The molecule has 3 rings (SSSR count). The van der Waals surface area contributed by atoms with Gasteiger partial charge in [-0.15, -0.1) is 0 Å². The Bertz CT molecular complexity index is 1250. The summed E-state index contributed by atoms with van der Waals surface area (Å²) in [4.78, 5) is 25.7. The van der Waals surface area contributed by atoms with Crippen molar-refractivity contribution >= 4 is 33.2 Å². The number of nitrogens with zero attached hydrogens (tertiary/aromatic N) is 1. The van der Waals surface area contributed by atoms with Crippen LogP contribution in [0.25, 0.3) is 0 Å². The van der Waals surface area contributed by atoms with E-state index in [0.717, 1.165) is 9.87 Å². The van der Waals surface area contributed by atoms with Gasteiger partial charge in [0.05, 0.1) is 21.8 Å². The third-order valence-corrected chi connectivity index (χ3v) is 6.99. The zero-order valence-electron chi connectivity index (χ0n) is 19.7. The van der Waals surface area contributed by atoms with Gasteiger partial charge in [-0.05, 0) is 49.7 Å². The molecule has 0 aromatic heterocycles. The highest BCUT2D eigenvalue weighted by molar-refractivity contribution is 7.92. The van der Waals surface area contributed by atoms with Crippen molar-refractivity contribution in [3.05, 3.63) is 90.0 Å². The van der Waals surface area contributed by atoms with E-state index in [9.17, 15) is 18.0 Å². The predicted octanol–water partition coefficient (Wildman–Crippen LogP) is 3.60. The Morgan fingerprint density at radius 2 is 1.57 bits per heavy atom. The Labute approximate surface area is 206 Å². The Hall–Kier alpha value is -3.69. The SMILES string of the molecule is COCCCNC(=O)c1ccccc1NC(=O)CN(c1ccc(C)cc1)S(=O)(=O)c1ccccc1. The molecule has 3 aromatic rings. The number of methoxy groups -OCH3 is 1. The van der Waals surface area contributed by atoms with E-state index in [-0.39, 0.29) is 16.4 Å². The maximum atomic E-state index is 13.4. The highest BCUT2D eigenvalue weighted by Gasteiger charge is 2.27. The van der Waals surface area contributed by atoms with Gasteiger partial charge in [0, 0.05) is 20.3 Å². The van der Waals surface area contributed by atoms with Gasteiger partial charge >= 0.3 is 0 Å². The number of sulfonamides is 1. The minimum atomic E-state index is -4.02. The molecule has 0 bridgehead atoms. The Kier molecular flexibility index (Phi) is 8.99. The maximum Gasteiger partial charge on any atom is 0.264 e. The first kappa shape index (κ1) is 25.9.